The van der Waals surface area contributed by atoms with Gasteiger partial charge in [-0.1, -0.05) is 19.8 Å². The van der Waals surface area contributed by atoms with Gasteiger partial charge in [0.1, 0.15) is 11.3 Å². The molecule has 0 saturated carbocycles. The number of hydrogen-bond donors (Lipinski definition) is 3. The number of rotatable bonds is 10. The Hall–Kier alpha value is -3.83. The number of alkyl halides is 2. The van der Waals surface area contributed by atoms with Gasteiger partial charge in [0, 0.05) is 23.9 Å². The number of fused-ring (bicyclic) bond motifs is 1. The number of anilines is 2. The molecule has 0 spiro atoms. The Labute approximate surface area is 188 Å². The molecule has 3 aromatic heterocycles. The van der Waals surface area contributed by atoms with Crippen LogP contribution in [0.25, 0.3) is 11.0 Å². The second-order valence-electron chi connectivity index (χ2n) is 7.58. The van der Waals surface area contributed by atoms with Crippen LogP contribution in [0.1, 0.15) is 43.1 Å². The van der Waals surface area contributed by atoms with Crippen LogP contribution in [0.4, 0.5) is 20.5 Å². The lowest BCUT2D eigenvalue weighted by molar-refractivity contribution is 0.0327. The van der Waals surface area contributed by atoms with E-state index in [9.17, 15) is 8.78 Å². The molecule has 1 aromatic carbocycles. The highest BCUT2D eigenvalue weighted by atomic mass is 19.3. The van der Waals surface area contributed by atoms with E-state index in [0.29, 0.717) is 22.6 Å². The lowest BCUT2D eigenvalue weighted by Gasteiger charge is -2.17. The monoisotopic (exact) mass is 457 g/mol. The lowest BCUT2D eigenvalue weighted by atomic mass is 10.0. The van der Waals surface area contributed by atoms with E-state index >= 15 is 0 Å². The van der Waals surface area contributed by atoms with Crippen LogP contribution in [-0.2, 0) is 12.5 Å². The van der Waals surface area contributed by atoms with Gasteiger partial charge in [-0.25, -0.2) is 4.98 Å². The number of aromatic nitrogens is 7. The quantitative estimate of drug-likeness (QED) is 0.309. The van der Waals surface area contributed by atoms with Crippen LogP contribution < -0.4 is 15.8 Å². The number of nitrogens with one attached hydrogen (secondary N) is 2. The summed E-state index contributed by atoms with van der Waals surface area (Å²) in [5.74, 6) is -2.88. The molecule has 0 bridgehead atoms. The van der Waals surface area contributed by atoms with E-state index in [4.69, 9.17) is 10.5 Å². The number of nitrogen functional groups attached to an aromatic ring is 1. The molecular weight excluding hydrogens is 432 g/mol. The van der Waals surface area contributed by atoms with Crippen molar-refractivity contribution in [2.75, 3.05) is 24.7 Å². The largest absolute Gasteiger partial charge is 0.496 e. The molecule has 4 aromatic rings. The van der Waals surface area contributed by atoms with E-state index in [1.165, 1.54) is 25.3 Å². The standard InChI is InChI=1S/C21H25F2N9O/c1-3-4-5-9-25-18-17-15(26-20(24)27-18)8-10-32(17)12-13-11-14(6-7-16(13)33-2)21(22,23)19-28-30-31-29-19/h6-8,10-11H,3-5,9,12H2,1-2H3,(H3,24,25,26,27)(H,28,29,30,31). The van der Waals surface area contributed by atoms with E-state index in [1.807, 2.05) is 16.8 Å². The molecule has 0 amide bonds. The Morgan fingerprint density at radius 3 is 2.79 bits per heavy atom. The Kier molecular flexibility index (Phi) is 6.33. The van der Waals surface area contributed by atoms with Crippen molar-refractivity contribution >= 4 is 22.8 Å². The number of H-pyrrole nitrogens is 1. The molecule has 0 saturated heterocycles. The molecule has 4 rings (SSSR count). The van der Waals surface area contributed by atoms with Crippen molar-refractivity contribution in [2.45, 2.75) is 38.7 Å². The Balaban J connectivity index is 1.70. The molecule has 10 nitrogen and oxygen atoms in total. The van der Waals surface area contributed by atoms with Crippen molar-refractivity contribution < 1.29 is 13.5 Å². The van der Waals surface area contributed by atoms with Crippen LogP contribution >= 0.6 is 0 Å². The average Bonchev–Trinajstić information content (AvgIpc) is 3.48. The summed E-state index contributed by atoms with van der Waals surface area (Å²) >= 11 is 0. The first-order chi connectivity index (χ1) is 15.9. The minimum Gasteiger partial charge on any atom is -0.496 e. The number of ether oxygens (including phenoxy) is 1. The number of aromatic amines is 1. The van der Waals surface area contributed by atoms with Crippen LogP contribution in [0, 0.1) is 0 Å². The second-order valence-corrected chi connectivity index (χ2v) is 7.58. The zero-order valence-corrected chi connectivity index (χ0v) is 18.3. The summed E-state index contributed by atoms with van der Waals surface area (Å²) in [6.07, 6.45) is 5.00. The van der Waals surface area contributed by atoms with E-state index in [-0.39, 0.29) is 18.1 Å². The third-order valence-corrected chi connectivity index (χ3v) is 5.31. The summed E-state index contributed by atoms with van der Waals surface area (Å²) < 4.78 is 37.1. The van der Waals surface area contributed by atoms with Gasteiger partial charge in [-0.2, -0.15) is 19.0 Å². The van der Waals surface area contributed by atoms with Crippen molar-refractivity contribution in [1.29, 1.82) is 0 Å². The van der Waals surface area contributed by atoms with Crippen molar-refractivity contribution in [3.05, 3.63) is 47.4 Å². The number of tetrazole rings is 1. The molecule has 0 aliphatic carbocycles. The minimum atomic E-state index is -3.42. The van der Waals surface area contributed by atoms with Crippen LogP contribution in [0.15, 0.2) is 30.5 Å². The number of nitrogens with two attached hydrogens (primary N) is 1. The zero-order chi connectivity index (χ0) is 23.4. The topological polar surface area (TPSA) is 132 Å². The first-order valence-corrected chi connectivity index (χ1v) is 10.6. The summed E-state index contributed by atoms with van der Waals surface area (Å²) in [4.78, 5) is 8.67. The molecule has 0 atom stereocenters. The van der Waals surface area contributed by atoms with E-state index < -0.39 is 11.7 Å². The highest BCUT2D eigenvalue weighted by Crippen LogP contribution is 2.36. The second kappa shape index (κ2) is 9.35. The van der Waals surface area contributed by atoms with E-state index in [0.717, 1.165) is 31.3 Å². The van der Waals surface area contributed by atoms with Gasteiger partial charge in [0.2, 0.25) is 11.8 Å². The van der Waals surface area contributed by atoms with Crippen molar-refractivity contribution in [1.82, 2.24) is 35.2 Å². The average molecular weight is 457 g/mol. The molecule has 174 valence electrons. The predicted molar refractivity (Wildman–Crippen MR) is 119 cm³/mol. The highest BCUT2D eigenvalue weighted by Gasteiger charge is 2.39. The molecule has 0 aliphatic heterocycles. The summed E-state index contributed by atoms with van der Waals surface area (Å²) in [5.41, 5.74) is 7.55. The van der Waals surface area contributed by atoms with Gasteiger partial charge in [0.15, 0.2) is 5.82 Å². The predicted octanol–water partition coefficient (Wildman–Crippen LogP) is 3.33. The van der Waals surface area contributed by atoms with Crippen molar-refractivity contribution in [3.8, 4) is 5.75 Å². The molecule has 33 heavy (non-hydrogen) atoms. The molecule has 3 heterocycles. The first kappa shape index (κ1) is 22.4. The highest BCUT2D eigenvalue weighted by molar-refractivity contribution is 5.87. The van der Waals surface area contributed by atoms with Crippen molar-refractivity contribution in [3.63, 3.8) is 0 Å². The van der Waals surface area contributed by atoms with Gasteiger partial charge >= 0.3 is 5.92 Å². The molecular formula is C21H25F2N9O. The fraction of sp³-hybridized carbons (Fsp3) is 0.381. The molecule has 0 fully saturated rings. The van der Waals surface area contributed by atoms with Crippen molar-refractivity contribution in [2.24, 2.45) is 0 Å². The fourth-order valence-corrected chi connectivity index (χ4v) is 3.67. The van der Waals surface area contributed by atoms with Gasteiger partial charge in [-0.15, -0.1) is 10.2 Å². The molecule has 0 aliphatic rings. The Bertz CT molecular complexity index is 1220. The molecule has 0 unspecified atom stereocenters. The van der Waals surface area contributed by atoms with E-state index in [2.05, 4.69) is 42.8 Å². The van der Waals surface area contributed by atoms with Crippen LogP contribution in [0.3, 0.4) is 0 Å². The SMILES string of the molecule is CCCCCNc1nc(N)nc2ccn(Cc3cc(C(F)(F)c4nn[nH]n4)ccc3OC)c12. The maximum atomic E-state index is 14.9. The summed E-state index contributed by atoms with van der Waals surface area (Å²) in [6.45, 7) is 3.12. The fourth-order valence-electron chi connectivity index (χ4n) is 3.67. The minimum absolute atomic E-state index is 0.164. The van der Waals surface area contributed by atoms with Gasteiger partial charge in [0.05, 0.1) is 19.2 Å². The summed E-state index contributed by atoms with van der Waals surface area (Å²) in [7, 11) is 1.49. The van der Waals surface area contributed by atoms with E-state index in [1.54, 1.807) is 0 Å². The Morgan fingerprint density at radius 1 is 1.21 bits per heavy atom. The maximum absolute atomic E-state index is 14.9. The van der Waals surface area contributed by atoms with Crippen LogP contribution in [0.2, 0.25) is 0 Å². The first-order valence-electron chi connectivity index (χ1n) is 10.6. The number of hydrogen-bond acceptors (Lipinski definition) is 8. The van der Waals surface area contributed by atoms with Gasteiger partial charge in [0.25, 0.3) is 0 Å². The van der Waals surface area contributed by atoms with Crippen LogP contribution in [0.5, 0.6) is 5.75 Å². The van der Waals surface area contributed by atoms with Gasteiger partial charge in [-0.3, -0.25) is 0 Å². The smallest absolute Gasteiger partial charge is 0.335 e. The third-order valence-electron chi connectivity index (χ3n) is 5.31. The number of unbranched alkanes of at least 4 members (excludes halogenated alkanes) is 2. The number of nitrogens with zero attached hydrogens (tertiary/aromatic N) is 6. The van der Waals surface area contributed by atoms with Crippen LogP contribution in [-0.4, -0.2) is 48.8 Å². The molecule has 12 heteroatoms. The number of methoxy groups -OCH3 is 1. The Morgan fingerprint density at radius 2 is 2.06 bits per heavy atom. The molecule has 4 N–H and O–H groups in total. The zero-order valence-electron chi connectivity index (χ0n) is 18.3. The normalized spacial score (nSPS) is 11.8. The number of benzene rings is 1. The third kappa shape index (κ3) is 4.54. The van der Waals surface area contributed by atoms with Gasteiger partial charge in [-0.05, 0) is 35.9 Å². The maximum Gasteiger partial charge on any atom is 0.335 e. The summed E-state index contributed by atoms with van der Waals surface area (Å²) in [5, 5.41) is 15.5. The van der Waals surface area contributed by atoms with Gasteiger partial charge < -0.3 is 20.4 Å². The summed E-state index contributed by atoms with van der Waals surface area (Å²) in [6, 6.07) is 5.99. The molecule has 0 radical (unpaired) electrons. The lowest BCUT2D eigenvalue weighted by Crippen LogP contribution is -2.18. The number of halogens is 2.